The standard InChI is InChI=1S/C24H19ClN6O3/c1-30-23(34)29-22(33)24(30)7-11-4-15-16(5-12(11)8-24)27-18(26-15)10-31-9-13-6-19(32)28-21-14(25)2-3-17(31)20(13)21/h2-5,9H,6-8,10H2,1H3,(H,26,27)(H,28,32)(H,29,33,34). The lowest BCUT2D eigenvalue weighted by Crippen LogP contribution is -2.48. The fourth-order valence-corrected chi connectivity index (χ4v) is 5.90. The van der Waals surface area contributed by atoms with Gasteiger partial charge in [-0.05, 0) is 41.0 Å². The smallest absolute Gasteiger partial charge is 0.324 e. The summed E-state index contributed by atoms with van der Waals surface area (Å²) in [6, 6.07) is 7.45. The minimum Gasteiger partial charge on any atom is -0.340 e. The number of amides is 4. The molecule has 10 heteroatoms. The van der Waals surface area contributed by atoms with Crippen LogP contribution in [-0.2, 0) is 35.4 Å². The van der Waals surface area contributed by atoms with E-state index in [2.05, 4.69) is 20.2 Å². The number of likely N-dealkylation sites (N-methyl/N-ethyl adjacent to an activating group) is 1. The lowest BCUT2D eigenvalue weighted by molar-refractivity contribution is -0.125. The van der Waals surface area contributed by atoms with Crippen LogP contribution in [0.1, 0.15) is 22.5 Å². The number of fused-ring (bicyclic) bond motifs is 2. The number of anilines is 1. The molecule has 4 aromatic rings. The summed E-state index contributed by atoms with van der Waals surface area (Å²) in [5, 5.41) is 6.82. The van der Waals surface area contributed by atoms with Crippen molar-refractivity contribution >= 4 is 57.1 Å². The number of carbonyl (C=O) groups excluding carboxylic acids is 3. The molecule has 9 nitrogen and oxygen atoms in total. The van der Waals surface area contributed by atoms with E-state index in [1.807, 2.05) is 24.4 Å². The molecule has 1 aliphatic carbocycles. The molecule has 3 aliphatic rings. The van der Waals surface area contributed by atoms with E-state index in [9.17, 15) is 14.4 Å². The van der Waals surface area contributed by atoms with E-state index in [0.717, 1.165) is 44.5 Å². The van der Waals surface area contributed by atoms with Crippen LogP contribution in [-0.4, -0.2) is 49.9 Å². The molecule has 2 aliphatic heterocycles. The third kappa shape index (κ3) is 2.50. The Morgan fingerprint density at radius 1 is 1.09 bits per heavy atom. The summed E-state index contributed by atoms with van der Waals surface area (Å²) < 4.78 is 2.08. The first-order valence-electron chi connectivity index (χ1n) is 11.0. The first kappa shape index (κ1) is 19.6. The van der Waals surface area contributed by atoms with Gasteiger partial charge in [-0.25, -0.2) is 9.78 Å². The zero-order valence-corrected chi connectivity index (χ0v) is 18.9. The molecule has 170 valence electrons. The number of hydrogen-bond donors (Lipinski definition) is 3. The Labute approximate surface area is 198 Å². The number of urea groups is 1. The number of imidazole rings is 1. The van der Waals surface area contributed by atoms with Gasteiger partial charge in [0.2, 0.25) is 5.91 Å². The highest BCUT2D eigenvalue weighted by Gasteiger charge is 2.54. The molecule has 0 bridgehead atoms. The number of hydrogen-bond acceptors (Lipinski definition) is 4. The molecule has 0 radical (unpaired) electrons. The molecule has 2 aromatic heterocycles. The maximum absolute atomic E-state index is 12.5. The van der Waals surface area contributed by atoms with E-state index >= 15 is 0 Å². The molecule has 1 spiro atoms. The average molecular weight is 475 g/mol. The van der Waals surface area contributed by atoms with Gasteiger partial charge in [0.1, 0.15) is 11.4 Å². The Balaban J connectivity index is 1.25. The monoisotopic (exact) mass is 474 g/mol. The summed E-state index contributed by atoms with van der Waals surface area (Å²) in [5.74, 6) is 0.477. The lowest BCUT2D eigenvalue weighted by Gasteiger charge is -2.27. The van der Waals surface area contributed by atoms with Gasteiger partial charge < -0.3 is 19.8 Å². The van der Waals surface area contributed by atoms with Gasteiger partial charge >= 0.3 is 6.03 Å². The molecule has 34 heavy (non-hydrogen) atoms. The van der Waals surface area contributed by atoms with E-state index in [4.69, 9.17) is 16.6 Å². The topological polar surface area (TPSA) is 112 Å². The summed E-state index contributed by atoms with van der Waals surface area (Å²) >= 11 is 6.33. The normalized spacial score (nSPS) is 18.3. The van der Waals surface area contributed by atoms with Crippen LogP contribution in [0.2, 0.25) is 5.02 Å². The zero-order valence-electron chi connectivity index (χ0n) is 18.2. The van der Waals surface area contributed by atoms with Crippen molar-refractivity contribution in [2.24, 2.45) is 0 Å². The van der Waals surface area contributed by atoms with Crippen molar-refractivity contribution in [2.45, 2.75) is 31.3 Å². The highest BCUT2D eigenvalue weighted by Crippen LogP contribution is 2.40. The van der Waals surface area contributed by atoms with Gasteiger partial charge in [0.05, 0.1) is 40.2 Å². The van der Waals surface area contributed by atoms with Crippen LogP contribution in [0, 0.1) is 0 Å². The van der Waals surface area contributed by atoms with Gasteiger partial charge in [0.15, 0.2) is 0 Å². The minimum absolute atomic E-state index is 0.0704. The molecular formula is C24H19ClN6O3. The van der Waals surface area contributed by atoms with Crippen molar-refractivity contribution in [2.75, 3.05) is 12.4 Å². The van der Waals surface area contributed by atoms with Gasteiger partial charge in [-0.15, -0.1) is 0 Å². The van der Waals surface area contributed by atoms with Crippen molar-refractivity contribution < 1.29 is 14.4 Å². The van der Waals surface area contributed by atoms with Crippen molar-refractivity contribution in [1.29, 1.82) is 0 Å². The maximum atomic E-state index is 12.5. The first-order chi connectivity index (χ1) is 16.3. The quantitative estimate of drug-likeness (QED) is 0.388. The molecule has 4 amide bonds. The van der Waals surface area contributed by atoms with Crippen LogP contribution in [0.5, 0.6) is 0 Å². The summed E-state index contributed by atoms with van der Waals surface area (Å²) in [6.45, 7) is 0.509. The molecule has 4 heterocycles. The van der Waals surface area contributed by atoms with Gasteiger partial charge in [0, 0.05) is 31.5 Å². The molecule has 7 rings (SSSR count). The van der Waals surface area contributed by atoms with Crippen LogP contribution in [0.15, 0.2) is 30.5 Å². The van der Waals surface area contributed by atoms with E-state index in [0.29, 0.717) is 36.5 Å². The van der Waals surface area contributed by atoms with Crippen LogP contribution < -0.4 is 10.6 Å². The van der Waals surface area contributed by atoms with E-state index < -0.39 is 5.54 Å². The van der Waals surface area contributed by atoms with Crippen molar-refractivity contribution in [3.05, 3.63) is 58.0 Å². The Kier molecular flexibility index (Phi) is 3.68. The number of aromatic amines is 1. The Hall–Kier alpha value is -3.85. The van der Waals surface area contributed by atoms with Gasteiger partial charge in [0.25, 0.3) is 5.91 Å². The lowest BCUT2D eigenvalue weighted by atomic mass is 9.95. The van der Waals surface area contributed by atoms with Crippen molar-refractivity contribution in [3.63, 3.8) is 0 Å². The van der Waals surface area contributed by atoms with Gasteiger partial charge in [-0.1, -0.05) is 11.6 Å². The third-order valence-electron chi connectivity index (χ3n) is 7.42. The molecule has 3 N–H and O–H groups in total. The Bertz CT molecular complexity index is 1570. The fourth-order valence-electron chi connectivity index (χ4n) is 5.69. The number of nitrogens with one attached hydrogen (secondary N) is 3. The van der Waals surface area contributed by atoms with Crippen molar-refractivity contribution in [3.8, 4) is 0 Å². The number of imide groups is 1. The number of benzene rings is 2. The van der Waals surface area contributed by atoms with E-state index in [1.165, 1.54) is 4.90 Å². The van der Waals surface area contributed by atoms with Crippen molar-refractivity contribution in [1.82, 2.24) is 24.8 Å². The summed E-state index contributed by atoms with van der Waals surface area (Å²) in [4.78, 5) is 46.4. The van der Waals surface area contributed by atoms with Crippen LogP contribution in [0.25, 0.3) is 21.9 Å². The summed E-state index contributed by atoms with van der Waals surface area (Å²) in [6.07, 6.45) is 3.27. The average Bonchev–Trinajstić information content (AvgIpc) is 3.50. The molecule has 2 aromatic carbocycles. The van der Waals surface area contributed by atoms with Crippen LogP contribution >= 0.6 is 11.6 Å². The van der Waals surface area contributed by atoms with Crippen LogP contribution in [0.3, 0.4) is 0 Å². The highest BCUT2D eigenvalue weighted by molar-refractivity contribution is 6.36. The summed E-state index contributed by atoms with van der Waals surface area (Å²) in [5.41, 5.74) is 5.54. The Morgan fingerprint density at radius 2 is 1.88 bits per heavy atom. The molecule has 1 fully saturated rings. The predicted molar refractivity (Wildman–Crippen MR) is 126 cm³/mol. The molecular weight excluding hydrogens is 456 g/mol. The SMILES string of the molecule is CN1C(=O)NC(=O)C12Cc1cc3nc(Cn4cc5c6c(c(Cl)ccc64)NC(=O)C5)[nH]c3cc1C2. The molecule has 0 saturated carbocycles. The number of carbonyl (C=O) groups is 3. The molecule has 1 atom stereocenters. The van der Waals surface area contributed by atoms with E-state index in [-0.39, 0.29) is 17.8 Å². The number of aromatic nitrogens is 3. The summed E-state index contributed by atoms with van der Waals surface area (Å²) in [7, 11) is 1.67. The Morgan fingerprint density at radius 3 is 2.65 bits per heavy atom. The number of nitrogens with zero attached hydrogens (tertiary/aromatic N) is 3. The minimum atomic E-state index is -0.849. The van der Waals surface area contributed by atoms with Gasteiger partial charge in [-0.2, -0.15) is 0 Å². The molecule has 1 unspecified atom stereocenters. The third-order valence-corrected chi connectivity index (χ3v) is 7.73. The maximum Gasteiger partial charge on any atom is 0.324 e. The highest BCUT2D eigenvalue weighted by atomic mass is 35.5. The second kappa shape index (κ2) is 6.38. The first-order valence-corrected chi connectivity index (χ1v) is 11.4. The van der Waals surface area contributed by atoms with Crippen LogP contribution in [0.4, 0.5) is 10.5 Å². The van der Waals surface area contributed by atoms with E-state index in [1.54, 1.807) is 13.1 Å². The second-order valence-electron chi connectivity index (χ2n) is 9.35. The number of rotatable bonds is 2. The fraction of sp³-hybridized carbons (Fsp3) is 0.250. The molecule has 1 saturated heterocycles. The van der Waals surface area contributed by atoms with Gasteiger partial charge in [-0.3, -0.25) is 14.9 Å². The number of H-pyrrole nitrogens is 1. The zero-order chi connectivity index (χ0) is 23.4. The predicted octanol–water partition coefficient (Wildman–Crippen LogP) is 2.73. The largest absolute Gasteiger partial charge is 0.340 e. The number of halogens is 1. The second-order valence-corrected chi connectivity index (χ2v) is 9.76.